The van der Waals surface area contributed by atoms with E-state index in [1.807, 2.05) is 48.5 Å². The van der Waals surface area contributed by atoms with Gasteiger partial charge in [0.25, 0.3) is 0 Å². The number of carbonyl (C=O) groups excluding carboxylic acids is 1. The van der Waals surface area contributed by atoms with Crippen molar-refractivity contribution in [3.8, 4) is 0 Å². The number of benzene rings is 2. The highest BCUT2D eigenvalue weighted by molar-refractivity contribution is 6.06. The molecule has 3 rings (SSSR count). The lowest BCUT2D eigenvalue weighted by Gasteiger charge is -2.14. The average molecular weight is 222 g/mol. The monoisotopic (exact) mass is 222 g/mol. The van der Waals surface area contributed by atoms with Crippen molar-refractivity contribution in [2.75, 3.05) is 0 Å². The molecule has 0 unspecified atom stereocenters. The number of rotatable bonds is 1. The molecule has 0 fully saturated rings. The van der Waals surface area contributed by atoms with Gasteiger partial charge in [0.05, 0.1) is 5.92 Å². The van der Waals surface area contributed by atoms with Gasteiger partial charge in [0, 0.05) is 5.56 Å². The van der Waals surface area contributed by atoms with Crippen LogP contribution in [0.25, 0.3) is 0 Å². The quantitative estimate of drug-likeness (QED) is 0.717. The molecule has 1 aliphatic rings. The van der Waals surface area contributed by atoms with Crippen LogP contribution in [0.2, 0.25) is 0 Å². The largest absolute Gasteiger partial charge is 0.293 e. The molecular weight excluding hydrogens is 208 g/mol. The van der Waals surface area contributed by atoms with Crippen LogP contribution in [0.15, 0.2) is 54.6 Å². The van der Waals surface area contributed by atoms with Gasteiger partial charge in [-0.1, -0.05) is 61.5 Å². The Kier molecular flexibility index (Phi) is 2.32. The third-order valence-corrected chi connectivity index (χ3v) is 3.66. The summed E-state index contributed by atoms with van der Waals surface area (Å²) in [7, 11) is 0. The fraction of sp³-hybridized carbons (Fsp3) is 0.188. The van der Waals surface area contributed by atoms with Crippen molar-refractivity contribution < 1.29 is 4.79 Å². The predicted octanol–water partition coefficient (Wildman–Crippen LogP) is 3.77. The second kappa shape index (κ2) is 3.85. The van der Waals surface area contributed by atoms with Gasteiger partial charge in [0.1, 0.15) is 0 Å². The Balaban J connectivity index is 2.10. The van der Waals surface area contributed by atoms with Gasteiger partial charge < -0.3 is 0 Å². The summed E-state index contributed by atoms with van der Waals surface area (Å²) in [6.07, 6.45) is 0. The topological polar surface area (TPSA) is 17.1 Å². The van der Waals surface area contributed by atoms with Gasteiger partial charge in [-0.25, -0.2) is 0 Å². The van der Waals surface area contributed by atoms with E-state index in [2.05, 4.69) is 13.0 Å². The van der Waals surface area contributed by atoms with Crippen molar-refractivity contribution >= 4 is 5.78 Å². The predicted molar refractivity (Wildman–Crippen MR) is 68.4 cm³/mol. The van der Waals surface area contributed by atoms with Gasteiger partial charge in [-0.3, -0.25) is 4.79 Å². The molecular formula is C16H14O. The highest BCUT2D eigenvalue weighted by Gasteiger charge is 2.37. The van der Waals surface area contributed by atoms with Crippen molar-refractivity contribution in [3.05, 3.63) is 71.3 Å². The van der Waals surface area contributed by atoms with E-state index in [0.717, 1.165) is 11.1 Å². The Hall–Kier alpha value is -1.89. The molecule has 0 aliphatic heterocycles. The summed E-state index contributed by atoms with van der Waals surface area (Å²) < 4.78 is 0. The summed E-state index contributed by atoms with van der Waals surface area (Å²) in [5.74, 6) is 0.536. The molecule has 1 heteroatoms. The third-order valence-electron chi connectivity index (χ3n) is 3.66. The molecule has 0 radical (unpaired) electrons. The van der Waals surface area contributed by atoms with Crippen LogP contribution in [-0.2, 0) is 0 Å². The smallest absolute Gasteiger partial charge is 0.171 e. The van der Waals surface area contributed by atoms with E-state index in [0.29, 0.717) is 0 Å². The molecule has 2 atom stereocenters. The van der Waals surface area contributed by atoms with Crippen LogP contribution in [0.4, 0.5) is 0 Å². The van der Waals surface area contributed by atoms with Gasteiger partial charge in [0.15, 0.2) is 5.78 Å². The Morgan fingerprint density at radius 2 is 1.53 bits per heavy atom. The van der Waals surface area contributed by atoms with E-state index in [1.165, 1.54) is 5.56 Å². The molecule has 1 nitrogen and oxygen atoms in total. The number of hydrogen-bond acceptors (Lipinski definition) is 1. The molecule has 2 aromatic carbocycles. The SMILES string of the molecule is C[C@H]1c2ccccc2C(=O)[C@@H]1c1ccccc1. The van der Waals surface area contributed by atoms with Crippen molar-refractivity contribution in [1.29, 1.82) is 0 Å². The minimum Gasteiger partial charge on any atom is -0.293 e. The number of carbonyl (C=O) groups is 1. The first kappa shape index (κ1) is 10.3. The van der Waals surface area contributed by atoms with E-state index in [1.54, 1.807) is 0 Å². The van der Waals surface area contributed by atoms with Crippen LogP contribution in [-0.4, -0.2) is 5.78 Å². The standard InChI is InChI=1S/C16H14O/c1-11-13-9-5-6-10-14(13)16(17)15(11)12-7-3-2-4-8-12/h2-11,15H,1H3/t11-,15-/m0/s1. The molecule has 0 spiro atoms. The van der Waals surface area contributed by atoms with Gasteiger partial charge in [-0.05, 0) is 17.0 Å². The van der Waals surface area contributed by atoms with Crippen LogP contribution in [0.1, 0.15) is 40.2 Å². The van der Waals surface area contributed by atoms with E-state index in [9.17, 15) is 4.79 Å². The summed E-state index contributed by atoms with van der Waals surface area (Å²) >= 11 is 0. The highest BCUT2D eigenvalue weighted by atomic mass is 16.1. The van der Waals surface area contributed by atoms with Crippen LogP contribution in [0, 0.1) is 0 Å². The van der Waals surface area contributed by atoms with Gasteiger partial charge in [-0.2, -0.15) is 0 Å². The van der Waals surface area contributed by atoms with Crippen LogP contribution < -0.4 is 0 Å². The van der Waals surface area contributed by atoms with Crippen molar-refractivity contribution in [2.24, 2.45) is 0 Å². The fourth-order valence-corrected chi connectivity index (χ4v) is 2.79. The number of Topliss-reactive ketones (excluding diaryl/α,β-unsaturated/α-hetero) is 1. The Morgan fingerprint density at radius 1 is 0.882 bits per heavy atom. The second-order valence-electron chi connectivity index (χ2n) is 4.63. The summed E-state index contributed by atoms with van der Waals surface area (Å²) in [6, 6.07) is 18.0. The van der Waals surface area contributed by atoms with Crippen LogP contribution in [0.3, 0.4) is 0 Å². The maximum Gasteiger partial charge on any atom is 0.171 e. The molecule has 0 aromatic heterocycles. The number of fused-ring (bicyclic) bond motifs is 1. The first-order valence-corrected chi connectivity index (χ1v) is 5.97. The molecule has 17 heavy (non-hydrogen) atoms. The fourth-order valence-electron chi connectivity index (χ4n) is 2.79. The zero-order valence-corrected chi connectivity index (χ0v) is 9.76. The first-order valence-electron chi connectivity index (χ1n) is 5.97. The minimum atomic E-state index is -0.00593. The molecule has 0 amide bonds. The minimum absolute atomic E-state index is 0.00593. The number of ketones is 1. The number of hydrogen-bond donors (Lipinski definition) is 0. The summed E-state index contributed by atoms with van der Waals surface area (Å²) in [5, 5.41) is 0. The van der Waals surface area contributed by atoms with E-state index < -0.39 is 0 Å². The maximum absolute atomic E-state index is 12.4. The van der Waals surface area contributed by atoms with Crippen molar-refractivity contribution in [3.63, 3.8) is 0 Å². The second-order valence-corrected chi connectivity index (χ2v) is 4.63. The maximum atomic E-state index is 12.4. The molecule has 84 valence electrons. The molecule has 0 saturated heterocycles. The van der Waals surface area contributed by atoms with Crippen LogP contribution >= 0.6 is 0 Å². The normalized spacial score (nSPS) is 22.5. The first-order chi connectivity index (χ1) is 8.29. The Labute approximate surface area is 101 Å². The lowest BCUT2D eigenvalue weighted by atomic mass is 9.87. The lowest BCUT2D eigenvalue weighted by Crippen LogP contribution is -2.09. The summed E-state index contributed by atoms with van der Waals surface area (Å²) in [6.45, 7) is 2.14. The molecule has 0 saturated carbocycles. The van der Waals surface area contributed by atoms with Crippen molar-refractivity contribution in [2.45, 2.75) is 18.8 Å². The average Bonchev–Trinajstić information content (AvgIpc) is 2.64. The Morgan fingerprint density at radius 3 is 2.24 bits per heavy atom. The molecule has 0 bridgehead atoms. The van der Waals surface area contributed by atoms with E-state index in [-0.39, 0.29) is 17.6 Å². The van der Waals surface area contributed by atoms with Gasteiger partial charge in [-0.15, -0.1) is 0 Å². The van der Waals surface area contributed by atoms with E-state index >= 15 is 0 Å². The van der Waals surface area contributed by atoms with Gasteiger partial charge >= 0.3 is 0 Å². The Bertz CT molecular complexity index is 557. The summed E-state index contributed by atoms with van der Waals surface area (Å²) in [5.41, 5.74) is 3.21. The lowest BCUT2D eigenvalue weighted by molar-refractivity contribution is 0.0966. The molecule has 2 aromatic rings. The third kappa shape index (κ3) is 1.50. The summed E-state index contributed by atoms with van der Waals surface area (Å²) in [4.78, 5) is 12.4. The highest BCUT2D eigenvalue weighted by Crippen LogP contribution is 2.43. The molecule has 0 N–H and O–H groups in total. The molecule has 1 aliphatic carbocycles. The van der Waals surface area contributed by atoms with Crippen molar-refractivity contribution in [1.82, 2.24) is 0 Å². The van der Waals surface area contributed by atoms with Crippen LogP contribution in [0.5, 0.6) is 0 Å². The van der Waals surface area contributed by atoms with E-state index in [4.69, 9.17) is 0 Å². The van der Waals surface area contributed by atoms with Gasteiger partial charge in [0.2, 0.25) is 0 Å². The molecule has 0 heterocycles. The zero-order chi connectivity index (χ0) is 11.8. The zero-order valence-electron chi connectivity index (χ0n) is 9.76.